The third kappa shape index (κ3) is 2.20. The van der Waals surface area contributed by atoms with E-state index in [4.69, 9.17) is 5.73 Å². The van der Waals surface area contributed by atoms with Crippen molar-refractivity contribution in [3.8, 4) is 0 Å². The van der Waals surface area contributed by atoms with Gasteiger partial charge in [0.1, 0.15) is 17.1 Å². The second-order valence-electron chi connectivity index (χ2n) is 4.76. The van der Waals surface area contributed by atoms with Crippen LogP contribution in [0.15, 0.2) is 30.6 Å². The highest BCUT2D eigenvalue weighted by atomic mass is 16.6. The molecule has 8 heteroatoms. The van der Waals surface area contributed by atoms with E-state index < -0.39 is 10.8 Å². The van der Waals surface area contributed by atoms with Gasteiger partial charge in [-0.2, -0.15) is 0 Å². The van der Waals surface area contributed by atoms with Crippen LogP contribution in [0.4, 0.5) is 11.4 Å². The number of amides is 1. The van der Waals surface area contributed by atoms with Crippen molar-refractivity contribution in [1.29, 1.82) is 0 Å². The molecule has 108 valence electrons. The Morgan fingerprint density at radius 3 is 2.95 bits per heavy atom. The quantitative estimate of drug-likeness (QED) is 0.504. The molecule has 1 amide bonds. The second kappa shape index (κ2) is 4.89. The van der Waals surface area contributed by atoms with Crippen molar-refractivity contribution in [2.24, 2.45) is 0 Å². The molecule has 0 saturated heterocycles. The number of nitro groups is 1. The maximum absolute atomic E-state index is 12.5. The van der Waals surface area contributed by atoms with Crippen LogP contribution in [0.25, 0.3) is 0 Å². The molecule has 8 nitrogen and oxygen atoms in total. The number of anilines is 1. The topological polar surface area (TPSA) is 107 Å². The Balaban J connectivity index is 1.94. The molecule has 1 aliphatic heterocycles. The summed E-state index contributed by atoms with van der Waals surface area (Å²) in [5, 5.41) is 11.1. The fourth-order valence-corrected chi connectivity index (χ4v) is 2.45. The lowest BCUT2D eigenvalue weighted by Gasteiger charge is -2.27. The second-order valence-corrected chi connectivity index (χ2v) is 4.76. The Hall–Kier alpha value is -2.90. The molecule has 0 spiro atoms. The number of imidazole rings is 1. The summed E-state index contributed by atoms with van der Waals surface area (Å²) in [7, 11) is 0. The smallest absolute Gasteiger partial charge is 0.304 e. The summed E-state index contributed by atoms with van der Waals surface area (Å²) in [6, 6.07) is 4.39. The van der Waals surface area contributed by atoms with Crippen LogP contribution in [0.5, 0.6) is 0 Å². The number of hydrogen-bond acceptors (Lipinski definition) is 5. The molecule has 0 bridgehead atoms. The summed E-state index contributed by atoms with van der Waals surface area (Å²) in [6.07, 6.45) is 3.52. The summed E-state index contributed by atoms with van der Waals surface area (Å²) in [4.78, 5) is 28.8. The van der Waals surface area contributed by atoms with Crippen molar-refractivity contribution in [2.75, 3.05) is 12.3 Å². The summed E-state index contributed by atoms with van der Waals surface area (Å²) in [6.45, 7) is 1.43. The van der Waals surface area contributed by atoms with Gasteiger partial charge in [0.15, 0.2) is 0 Å². The Labute approximate surface area is 119 Å². The third-order valence-corrected chi connectivity index (χ3v) is 3.51. The van der Waals surface area contributed by atoms with E-state index in [9.17, 15) is 14.9 Å². The maximum Gasteiger partial charge on any atom is 0.304 e. The van der Waals surface area contributed by atoms with E-state index in [0.717, 1.165) is 5.82 Å². The van der Waals surface area contributed by atoms with Crippen LogP contribution in [0.2, 0.25) is 0 Å². The average Bonchev–Trinajstić information content (AvgIpc) is 2.93. The first-order valence-electron chi connectivity index (χ1n) is 6.40. The van der Waals surface area contributed by atoms with Gasteiger partial charge in [-0.05, 0) is 12.1 Å². The predicted octanol–water partition coefficient (Wildman–Crippen LogP) is 1.03. The number of carbonyl (C=O) groups is 1. The van der Waals surface area contributed by atoms with Crippen molar-refractivity contribution >= 4 is 17.3 Å². The van der Waals surface area contributed by atoms with E-state index in [1.54, 1.807) is 17.2 Å². The van der Waals surface area contributed by atoms with Crippen LogP contribution < -0.4 is 5.73 Å². The molecule has 0 atom stereocenters. The fraction of sp³-hybridized carbons (Fsp3) is 0.231. The minimum atomic E-state index is -0.618. The fourth-order valence-electron chi connectivity index (χ4n) is 2.45. The largest absolute Gasteiger partial charge is 0.393 e. The minimum absolute atomic E-state index is 0.00985. The lowest BCUT2D eigenvalue weighted by molar-refractivity contribution is -0.384. The normalized spacial score (nSPS) is 13.8. The molecule has 21 heavy (non-hydrogen) atoms. The standard InChI is InChI=1S/C13H13N5O3/c14-10-3-1-2-9(12(10)18(20)21)13(19)17-7-6-16-5-4-15-11(16)8-17/h1-5H,6-8,14H2. The van der Waals surface area contributed by atoms with Gasteiger partial charge in [0.05, 0.1) is 11.5 Å². The predicted molar refractivity (Wildman–Crippen MR) is 74.5 cm³/mol. The number of fused-ring (bicyclic) bond motifs is 1. The summed E-state index contributed by atoms with van der Waals surface area (Å²) >= 11 is 0. The van der Waals surface area contributed by atoms with E-state index in [2.05, 4.69) is 4.98 Å². The molecule has 2 N–H and O–H groups in total. The van der Waals surface area contributed by atoms with Crippen LogP contribution in [0.1, 0.15) is 16.2 Å². The molecule has 2 heterocycles. The number of rotatable bonds is 2. The Morgan fingerprint density at radius 2 is 2.19 bits per heavy atom. The lowest BCUT2D eigenvalue weighted by atomic mass is 10.1. The first-order chi connectivity index (χ1) is 10.1. The highest BCUT2D eigenvalue weighted by Crippen LogP contribution is 2.27. The van der Waals surface area contributed by atoms with Gasteiger partial charge in [-0.1, -0.05) is 6.07 Å². The average molecular weight is 287 g/mol. The van der Waals surface area contributed by atoms with Gasteiger partial charge in [-0.15, -0.1) is 0 Å². The number of para-hydroxylation sites is 1. The first-order valence-corrected chi connectivity index (χ1v) is 6.40. The maximum atomic E-state index is 12.5. The van der Waals surface area contributed by atoms with E-state index in [0.29, 0.717) is 19.6 Å². The molecule has 3 rings (SSSR count). The number of hydrogen-bond donors (Lipinski definition) is 1. The molecule has 2 aromatic rings. The molecule has 0 radical (unpaired) electrons. The molecule has 0 unspecified atom stereocenters. The van der Waals surface area contributed by atoms with E-state index in [1.165, 1.54) is 12.1 Å². The first kappa shape index (κ1) is 13.1. The molecular weight excluding hydrogens is 274 g/mol. The zero-order valence-electron chi connectivity index (χ0n) is 11.1. The number of nitrogens with zero attached hydrogens (tertiary/aromatic N) is 4. The highest BCUT2D eigenvalue weighted by Gasteiger charge is 2.29. The lowest BCUT2D eigenvalue weighted by Crippen LogP contribution is -2.38. The molecular formula is C13H13N5O3. The highest BCUT2D eigenvalue weighted by molar-refractivity contribution is 6.00. The van der Waals surface area contributed by atoms with Crippen molar-refractivity contribution in [1.82, 2.24) is 14.5 Å². The van der Waals surface area contributed by atoms with Gasteiger partial charge in [0, 0.05) is 25.5 Å². The molecule has 0 saturated carbocycles. The molecule has 1 aromatic carbocycles. The number of aromatic nitrogens is 2. The van der Waals surface area contributed by atoms with Gasteiger partial charge in [0.25, 0.3) is 5.91 Å². The van der Waals surface area contributed by atoms with Crippen molar-refractivity contribution < 1.29 is 9.72 Å². The summed E-state index contributed by atoms with van der Waals surface area (Å²) < 4.78 is 1.96. The van der Waals surface area contributed by atoms with E-state index in [-0.39, 0.29) is 16.9 Å². The van der Waals surface area contributed by atoms with Gasteiger partial charge in [0.2, 0.25) is 0 Å². The van der Waals surface area contributed by atoms with E-state index in [1.807, 2.05) is 10.8 Å². The van der Waals surface area contributed by atoms with Gasteiger partial charge in [-0.3, -0.25) is 14.9 Å². The Morgan fingerprint density at radius 1 is 1.38 bits per heavy atom. The zero-order chi connectivity index (χ0) is 15.0. The number of carbonyl (C=O) groups excluding carboxylic acids is 1. The third-order valence-electron chi connectivity index (χ3n) is 3.51. The molecule has 1 aliphatic rings. The van der Waals surface area contributed by atoms with Crippen molar-refractivity contribution in [3.05, 3.63) is 52.1 Å². The number of nitro benzene ring substituents is 1. The van der Waals surface area contributed by atoms with Gasteiger partial charge < -0.3 is 15.2 Å². The van der Waals surface area contributed by atoms with Crippen LogP contribution in [0.3, 0.4) is 0 Å². The van der Waals surface area contributed by atoms with Gasteiger partial charge >= 0.3 is 5.69 Å². The number of benzene rings is 1. The zero-order valence-corrected chi connectivity index (χ0v) is 11.1. The van der Waals surface area contributed by atoms with Crippen LogP contribution in [0, 0.1) is 10.1 Å². The van der Waals surface area contributed by atoms with Crippen LogP contribution in [-0.4, -0.2) is 31.8 Å². The van der Waals surface area contributed by atoms with Crippen LogP contribution in [-0.2, 0) is 13.1 Å². The van der Waals surface area contributed by atoms with Crippen molar-refractivity contribution in [2.45, 2.75) is 13.1 Å². The monoisotopic (exact) mass is 287 g/mol. The van der Waals surface area contributed by atoms with E-state index >= 15 is 0 Å². The minimum Gasteiger partial charge on any atom is -0.393 e. The SMILES string of the molecule is Nc1cccc(C(=O)N2CCn3ccnc3C2)c1[N+](=O)[O-]. The van der Waals surface area contributed by atoms with Crippen LogP contribution >= 0.6 is 0 Å². The van der Waals surface area contributed by atoms with Gasteiger partial charge in [-0.25, -0.2) is 4.98 Å². The number of nitrogens with two attached hydrogens (primary N) is 1. The van der Waals surface area contributed by atoms with Crippen molar-refractivity contribution in [3.63, 3.8) is 0 Å². The molecule has 1 aromatic heterocycles. The Bertz CT molecular complexity index is 724. The number of nitrogen functional groups attached to an aromatic ring is 1. The molecule has 0 fully saturated rings. The summed E-state index contributed by atoms with van der Waals surface area (Å²) in [5.74, 6) is 0.365. The molecule has 0 aliphatic carbocycles. The Kier molecular flexibility index (Phi) is 3.05. The summed E-state index contributed by atoms with van der Waals surface area (Å²) in [5.41, 5.74) is 5.29.